The van der Waals surface area contributed by atoms with Gasteiger partial charge in [-0.25, -0.2) is 4.98 Å². The van der Waals surface area contributed by atoms with Gasteiger partial charge in [0.15, 0.2) is 0 Å². The summed E-state index contributed by atoms with van der Waals surface area (Å²) in [6, 6.07) is 21.6. The number of hydrogen-bond acceptors (Lipinski definition) is 3. The van der Waals surface area contributed by atoms with Gasteiger partial charge in [-0.2, -0.15) is 18.4 Å². The number of nitriles is 1. The number of methoxy groups -OCH3 is 1. The first-order valence-electron chi connectivity index (χ1n) is 9.06. The molecule has 0 unspecified atom stereocenters. The zero-order valence-electron chi connectivity index (χ0n) is 15.9. The first-order valence-corrected chi connectivity index (χ1v) is 9.06. The lowest BCUT2D eigenvalue weighted by atomic mass is 9.97. The second-order valence-corrected chi connectivity index (χ2v) is 6.71. The summed E-state index contributed by atoms with van der Waals surface area (Å²) in [4.78, 5) is 4.49. The van der Waals surface area contributed by atoms with Gasteiger partial charge in [0.05, 0.1) is 35.5 Å². The van der Waals surface area contributed by atoms with Crippen LogP contribution in [0.15, 0.2) is 72.8 Å². The molecular formula is C24H15F3N2O. The Morgan fingerprint density at radius 3 is 2.33 bits per heavy atom. The molecule has 30 heavy (non-hydrogen) atoms. The molecule has 0 aliphatic rings. The number of pyridine rings is 1. The molecule has 0 saturated heterocycles. The lowest BCUT2D eigenvalue weighted by molar-refractivity contribution is -0.137. The smallest absolute Gasteiger partial charge is 0.416 e. The number of aromatic nitrogens is 1. The highest BCUT2D eigenvalue weighted by molar-refractivity contribution is 5.97. The topological polar surface area (TPSA) is 45.9 Å². The van der Waals surface area contributed by atoms with Crippen LogP contribution >= 0.6 is 0 Å². The normalized spacial score (nSPS) is 11.3. The van der Waals surface area contributed by atoms with E-state index in [0.29, 0.717) is 28.0 Å². The van der Waals surface area contributed by atoms with Crippen molar-refractivity contribution in [3.8, 4) is 34.2 Å². The summed E-state index contributed by atoms with van der Waals surface area (Å²) in [7, 11) is 1.56. The highest BCUT2D eigenvalue weighted by Gasteiger charge is 2.30. The SMILES string of the molecule is COc1cccc(-c2cc(-c3ccc(C#N)cc3)nc3cc(C(F)(F)F)ccc23)c1. The number of benzene rings is 3. The summed E-state index contributed by atoms with van der Waals surface area (Å²) in [5.74, 6) is 0.643. The van der Waals surface area contributed by atoms with Crippen LogP contribution in [0, 0.1) is 11.3 Å². The molecule has 0 amide bonds. The van der Waals surface area contributed by atoms with Gasteiger partial charge in [-0.1, -0.05) is 30.3 Å². The van der Waals surface area contributed by atoms with Crippen molar-refractivity contribution in [1.82, 2.24) is 4.98 Å². The van der Waals surface area contributed by atoms with Crippen molar-refractivity contribution in [2.75, 3.05) is 7.11 Å². The Balaban J connectivity index is 1.98. The van der Waals surface area contributed by atoms with Gasteiger partial charge >= 0.3 is 6.18 Å². The van der Waals surface area contributed by atoms with Gasteiger partial charge in [0.1, 0.15) is 5.75 Å². The van der Waals surface area contributed by atoms with E-state index in [1.54, 1.807) is 37.4 Å². The van der Waals surface area contributed by atoms with Crippen LogP contribution in [0.2, 0.25) is 0 Å². The van der Waals surface area contributed by atoms with Gasteiger partial charge in [-0.15, -0.1) is 0 Å². The minimum atomic E-state index is -4.46. The average Bonchev–Trinajstić information content (AvgIpc) is 2.77. The molecule has 4 aromatic rings. The van der Waals surface area contributed by atoms with Gasteiger partial charge in [0, 0.05) is 10.9 Å². The third-order valence-corrected chi connectivity index (χ3v) is 4.83. The molecule has 6 heteroatoms. The molecule has 3 aromatic carbocycles. The van der Waals surface area contributed by atoms with Crippen molar-refractivity contribution in [3.05, 3.63) is 83.9 Å². The predicted molar refractivity (Wildman–Crippen MR) is 109 cm³/mol. The Kier molecular flexibility index (Phi) is 4.88. The lowest BCUT2D eigenvalue weighted by Gasteiger charge is -2.13. The summed E-state index contributed by atoms with van der Waals surface area (Å²) in [5, 5.41) is 9.61. The van der Waals surface area contributed by atoms with Crippen LogP contribution in [0.3, 0.4) is 0 Å². The van der Waals surface area contributed by atoms with E-state index in [1.165, 1.54) is 6.07 Å². The number of alkyl halides is 3. The molecule has 1 aromatic heterocycles. The number of nitrogens with zero attached hydrogens (tertiary/aromatic N) is 2. The Labute approximate surface area is 171 Å². The number of ether oxygens (including phenoxy) is 1. The fraction of sp³-hybridized carbons (Fsp3) is 0.0833. The van der Waals surface area contributed by atoms with E-state index >= 15 is 0 Å². The summed E-state index contributed by atoms with van der Waals surface area (Å²) < 4.78 is 45.1. The first kappa shape index (κ1) is 19.5. The van der Waals surface area contributed by atoms with Crippen molar-refractivity contribution >= 4 is 10.9 Å². The second-order valence-electron chi connectivity index (χ2n) is 6.71. The van der Waals surface area contributed by atoms with E-state index in [4.69, 9.17) is 10.00 Å². The Hall–Kier alpha value is -3.85. The van der Waals surface area contributed by atoms with Gasteiger partial charge < -0.3 is 4.74 Å². The fourth-order valence-electron chi connectivity index (χ4n) is 3.30. The van der Waals surface area contributed by atoms with Crippen LogP contribution < -0.4 is 4.74 Å². The van der Waals surface area contributed by atoms with Crippen LogP contribution in [-0.2, 0) is 6.18 Å². The molecule has 0 spiro atoms. The molecule has 0 aliphatic carbocycles. The highest BCUT2D eigenvalue weighted by Crippen LogP contribution is 2.37. The van der Waals surface area contributed by atoms with Crippen molar-refractivity contribution in [2.24, 2.45) is 0 Å². The molecule has 0 radical (unpaired) electrons. The van der Waals surface area contributed by atoms with Gasteiger partial charge in [-0.05, 0) is 53.6 Å². The molecule has 0 fully saturated rings. The van der Waals surface area contributed by atoms with E-state index in [1.807, 2.05) is 30.3 Å². The van der Waals surface area contributed by atoms with Crippen LogP contribution in [0.4, 0.5) is 13.2 Å². The molecule has 0 atom stereocenters. The van der Waals surface area contributed by atoms with Gasteiger partial charge in [-0.3, -0.25) is 0 Å². The minimum absolute atomic E-state index is 0.240. The van der Waals surface area contributed by atoms with Crippen LogP contribution in [-0.4, -0.2) is 12.1 Å². The molecule has 0 bridgehead atoms. The molecule has 3 nitrogen and oxygen atoms in total. The monoisotopic (exact) mass is 404 g/mol. The Bertz CT molecular complexity index is 1270. The number of fused-ring (bicyclic) bond motifs is 1. The average molecular weight is 404 g/mol. The second kappa shape index (κ2) is 7.53. The van der Waals surface area contributed by atoms with Gasteiger partial charge in [0.25, 0.3) is 0 Å². The zero-order chi connectivity index (χ0) is 21.3. The van der Waals surface area contributed by atoms with Gasteiger partial charge in [0.2, 0.25) is 0 Å². The number of hydrogen-bond donors (Lipinski definition) is 0. The third-order valence-electron chi connectivity index (χ3n) is 4.83. The third kappa shape index (κ3) is 3.70. The van der Waals surface area contributed by atoms with Crippen molar-refractivity contribution in [3.63, 3.8) is 0 Å². The maximum absolute atomic E-state index is 13.3. The van der Waals surface area contributed by atoms with E-state index in [2.05, 4.69) is 4.98 Å². The highest BCUT2D eigenvalue weighted by atomic mass is 19.4. The van der Waals surface area contributed by atoms with Crippen LogP contribution in [0.25, 0.3) is 33.3 Å². The summed E-state index contributed by atoms with van der Waals surface area (Å²) in [6.07, 6.45) is -4.46. The molecule has 0 saturated carbocycles. The van der Waals surface area contributed by atoms with E-state index < -0.39 is 11.7 Å². The Morgan fingerprint density at radius 2 is 1.67 bits per heavy atom. The lowest BCUT2D eigenvalue weighted by Crippen LogP contribution is -2.04. The fourth-order valence-corrected chi connectivity index (χ4v) is 3.30. The standard InChI is InChI=1S/C24H15F3N2O/c1-30-19-4-2-3-17(11-19)21-13-22(16-7-5-15(14-28)6-8-16)29-23-12-18(24(25,26)27)9-10-20(21)23/h2-13H,1H3. The Morgan fingerprint density at radius 1 is 0.900 bits per heavy atom. The van der Waals surface area contributed by atoms with E-state index in [0.717, 1.165) is 23.3 Å². The van der Waals surface area contributed by atoms with Crippen molar-refractivity contribution < 1.29 is 17.9 Å². The van der Waals surface area contributed by atoms with Crippen LogP contribution in [0.5, 0.6) is 5.75 Å². The molecule has 4 rings (SSSR count). The molecule has 1 heterocycles. The molecular weight excluding hydrogens is 389 g/mol. The largest absolute Gasteiger partial charge is 0.497 e. The quantitative estimate of drug-likeness (QED) is 0.393. The number of rotatable bonds is 3. The summed E-state index contributed by atoms with van der Waals surface area (Å²) >= 11 is 0. The van der Waals surface area contributed by atoms with E-state index in [9.17, 15) is 13.2 Å². The van der Waals surface area contributed by atoms with Crippen LogP contribution in [0.1, 0.15) is 11.1 Å². The minimum Gasteiger partial charge on any atom is -0.497 e. The first-order chi connectivity index (χ1) is 14.4. The molecule has 148 valence electrons. The van der Waals surface area contributed by atoms with E-state index in [-0.39, 0.29) is 5.52 Å². The van der Waals surface area contributed by atoms with Crippen molar-refractivity contribution in [2.45, 2.75) is 6.18 Å². The predicted octanol–water partition coefficient (Wildman–Crippen LogP) is 6.47. The maximum Gasteiger partial charge on any atom is 0.416 e. The summed E-state index contributed by atoms with van der Waals surface area (Å²) in [5.41, 5.74) is 2.75. The number of halogens is 3. The zero-order valence-corrected chi connectivity index (χ0v) is 15.9. The molecule has 0 N–H and O–H groups in total. The molecule has 0 aliphatic heterocycles. The maximum atomic E-state index is 13.3. The van der Waals surface area contributed by atoms with Crippen molar-refractivity contribution in [1.29, 1.82) is 5.26 Å². The summed E-state index contributed by atoms with van der Waals surface area (Å²) in [6.45, 7) is 0.